The number of nitrogen functional groups attached to an aromatic ring is 1. The zero-order chi connectivity index (χ0) is 11.7. The molecule has 3 N–H and O–H groups in total. The van der Waals surface area contributed by atoms with E-state index < -0.39 is 0 Å². The van der Waals surface area contributed by atoms with Gasteiger partial charge in [0.05, 0.1) is 22.8 Å². The molecule has 4 heteroatoms. The summed E-state index contributed by atoms with van der Waals surface area (Å²) < 4.78 is 1.78. The Labute approximate surface area is 95.1 Å². The highest BCUT2D eigenvalue weighted by Crippen LogP contribution is 2.25. The fourth-order valence-electron chi connectivity index (χ4n) is 1.66. The second-order valence-electron chi connectivity index (χ2n) is 4.02. The molecule has 2 rings (SSSR count). The zero-order valence-electron chi connectivity index (χ0n) is 9.78. The number of benzene rings is 1. The van der Waals surface area contributed by atoms with Crippen molar-refractivity contribution in [2.24, 2.45) is 7.05 Å². The minimum atomic E-state index is 0.753. The van der Waals surface area contributed by atoms with Gasteiger partial charge in [-0.05, 0) is 31.5 Å². The van der Waals surface area contributed by atoms with Crippen molar-refractivity contribution in [1.82, 2.24) is 9.78 Å². The van der Waals surface area contributed by atoms with E-state index in [-0.39, 0.29) is 0 Å². The van der Waals surface area contributed by atoms with Gasteiger partial charge in [-0.15, -0.1) is 0 Å². The molecule has 0 unspecified atom stereocenters. The summed E-state index contributed by atoms with van der Waals surface area (Å²) in [6.07, 6.45) is 1.94. The summed E-state index contributed by atoms with van der Waals surface area (Å²) in [5.41, 5.74) is 10.7. The van der Waals surface area contributed by atoms with E-state index in [9.17, 15) is 0 Å². The summed E-state index contributed by atoms with van der Waals surface area (Å²) in [5, 5.41) is 7.55. The van der Waals surface area contributed by atoms with Crippen LogP contribution in [0.3, 0.4) is 0 Å². The summed E-state index contributed by atoms with van der Waals surface area (Å²) >= 11 is 0. The van der Waals surface area contributed by atoms with E-state index in [2.05, 4.69) is 10.4 Å². The number of aryl methyl sites for hydroxylation is 3. The van der Waals surface area contributed by atoms with Crippen LogP contribution in [0.5, 0.6) is 0 Å². The highest BCUT2D eigenvalue weighted by molar-refractivity contribution is 5.73. The molecule has 16 heavy (non-hydrogen) atoms. The van der Waals surface area contributed by atoms with Crippen LogP contribution in [0.4, 0.5) is 17.1 Å². The Morgan fingerprint density at radius 2 is 2.00 bits per heavy atom. The van der Waals surface area contributed by atoms with Crippen molar-refractivity contribution in [3.63, 3.8) is 0 Å². The number of rotatable bonds is 2. The number of anilines is 3. The van der Waals surface area contributed by atoms with Gasteiger partial charge in [0.15, 0.2) is 0 Å². The van der Waals surface area contributed by atoms with Gasteiger partial charge >= 0.3 is 0 Å². The molecule has 0 atom stereocenters. The van der Waals surface area contributed by atoms with Crippen molar-refractivity contribution < 1.29 is 0 Å². The first-order valence-corrected chi connectivity index (χ1v) is 5.19. The number of nitrogens with zero attached hydrogens (tertiary/aromatic N) is 2. The van der Waals surface area contributed by atoms with Crippen molar-refractivity contribution in [1.29, 1.82) is 0 Å². The second-order valence-corrected chi connectivity index (χ2v) is 4.02. The first-order chi connectivity index (χ1) is 7.56. The quantitative estimate of drug-likeness (QED) is 0.758. The molecule has 0 saturated heterocycles. The van der Waals surface area contributed by atoms with Gasteiger partial charge < -0.3 is 11.1 Å². The van der Waals surface area contributed by atoms with Gasteiger partial charge in [-0.25, -0.2) is 0 Å². The first-order valence-electron chi connectivity index (χ1n) is 5.19. The predicted octanol–water partition coefficient (Wildman–Crippen LogP) is 2.36. The van der Waals surface area contributed by atoms with Crippen LogP contribution in [0, 0.1) is 13.8 Å². The lowest BCUT2D eigenvalue weighted by atomic mass is 10.2. The Morgan fingerprint density at radius 3 is 2.56 bits per heavy atom. The molecule has 4 nitrogen and oxygen atoms in total. The van der Waals surface area contributed by atoms with Crippen LogP contribution < -0.4 is 11.1 Å². The molecule has 1 heterocycles. The minimum absolute atomic E-state index is 0.753. The van der Waals surface area contributed by atoms with Gasteiger partial charge in [0, 0.05) is 13.2 Å². The van der Waals surface area contributed by atoms with E-state index >= 15 is 0 Å². The maximum atomic E-state index is 5.94. The average molecular weight is 216 g/mol. The fraction of sp³-hybridized carbons (Fsp3) is 0.250. The number of hydrogen-bond acceptors (Lipinski definition) is 3. The van der Waals surface area contributed by atoms with Gasteiger partial charge in [-0.3, -0.25) is 4.68 Å². The molecule has 0 amide bonds. The molecule has 0 saturated carbocycles. The molecule has 0 aliphatic carbocycles. The molecule has 0 spiro atoms. The molecule has 2 aromatic rings. The zero-order valence-corrected chi connectivity index (χ0v) is 9.78. The lowest BCUT2D eigenvalue weighted by Crippen LogP contribution is -1.96. The predicted molar refractivity (Wildman–Crippen MR) is 66.8 cm³/mol. The Balaban J connectivity index is 2.30. The Kier molecular flexibility index (Phi) is 2.56. The summed E-state index contributed by atoms with van der Waals surface area (Å²) in [6.45, 7) is 3.99. The molecule has 0 fully saturated rings. The molecule has 1 aromatic carbocycles. The van der Waals surface area contributed by atoms with Gasteiger partial charge in [-0.2, -0.15) is 5.10 Å². The van der Waals surface area contributed by atoms with Crippen LogP contribution in [-0.2, 0) is 7.05 Å². The normalized spacial score (nSPS) is 10.4. The van der Waals surface area contributed by atoms with Crippen molar-refractivity contribution in [2.75, 3.05) is 11.1 Å². The lowest BCUT2D eigenvalue weighted by molar-refractivity contribution is 0.756. The molecular formula is C12H16N4. The molecule has 0 radical (unpaired) electrons. The Morgan fingerprint density at radius 1 is 1.25 bits per heavy atom. The van der Waals surface area contributed by atoms with Crippen molar-refractivity contribution >= 4 is 17.1 Å². The van der Waals surface area contributed by atoms with Crippen LogP contribution in [0.1, 0.15) is 11.3 Å². The van der Waals surface area contributed by atoms with E-state index in [0.717, 1.165) is 28.3 Å². The Hall–Kier alpha value is -1.97. The van der Waals surface area contributed by atoms with Crippen molar-refractivity contribution in [3.05, 3.63) is 35.7 Å². The topological polar surface area (TPSA) is 55.9 Å². The number of nitrogens with two attached hydrogens (primary N) is 1. The van der Waals surface area contributed by atoms with Gasteiger partial charge in [-0.1, -0.05) is 6.07 Å². The highest BCUT2D eigenvalue weighted by atomic mass is 15.3. The number of aromatic nitrogens is 2. The lowest BCUT2D eigenvalue weighted by Gasteiger charge is -2.08. The number of hydrogen-bond donors (Lipinski definition) is 2. The maximum Gasteiger partial charge on any atom is 0.0828 e. The molecule has 0 aliphatic heterocycles. The van der Waals surface area contributed by atoms with Crippen LogP contribution in [0.2, 0.25) is 0 Å². The number of nitrogens with one attached hydrogen (secondary N) is 1. The molecular weight excluding hydrogens is 200 g/mol. The maximum absolute atomic E-state index is 5.94. The van der Waals surface area contributed by atoms with Crippen LogP contribution in [0.25, 0.3) is 0 Å². The summed E-state index contributed by atoms with van der Waals surface area (Å²) in [5.74, 6) is 0. The molecule has 0 aliphatic rings. The summed E-state index contributed by atoms with van der Waals surface area (Å²) in [6, 6.07) is 5.97. The van der Waals surface area contributed by atoms with E-state index in [1.165, 1.54) is 0 Å². The minimum Gasteiger partial charge on any atom is -0.397 e. The standard InChI is InChI=1S/C12H16N4/c1-8-4-5-11(10(13)6-8)14-12-7-16(3)15-9(12)2/h4-7,14H,13H2,1-3H3. The van der Waals surface area contributed by atoms with Crippen molar-refractivity contribution in [3.8, 4) is 0 Å². The van der Waals surface area contributed by atoms with Crippen LogP contribution >= 0.6 is 0 Å². The van der Waals surface area contributed by atoms with Crippen LogP contribution in [-0.4, -0.2) is 9.78 Å². The monoisotopic (exact) mass is 216 g/mol. The molecule has 0 bridgehead atoms. The highest BCUT2D eigenvalue weighted by Gasteiger charge is 2.05. The van der Waals surface area contributed by atoms with E-state index in [1.807, 2.05) is 45.3 Å². The molecule has 84 valence electrons. The van der Waals surface area contributed by atoms with E-state index in [0.29, 0.717) is 0 Å². The third-order valence-corrected chi connectivity index (χ3v) is 2.49. The Bertz CT molecular complexity index is 514. The summed E-state index contributed by atoms with van der Waals surface area (Å²) in [4.78, 5) is 0. The third kappa shape index (κ3) is 2.00. The fourth-order valence-corrected chi connectivity index (χ4v) is 1.66. The van der Waals surface area contributed by atoms with Crippen LogP contribution in [0.15, 0.2) is 24.4 Å². The SMILES string of the molecule is Cc1ccc(Nc2cn(C)nc2C)c(N)c1. The van der Waals surface area contributed by atoms with Gasteiger partial charge in [0.25, 0.3) is 0 Å². The smallest absolute Gasteiger partial charge is 0.0828 e. The van der Waals surface area contributed by atoms with Gasteiger partial charge in [0.2, 0.25) is 0 Å². The first kappa shape index (κ1) is 10.5. The van der Waals surface area contributed by atoms with E-state index in [4.69, 9.17) is 5.73 Å². The summed E-state index contributed by atoms with van der Waals surface area (Å²) in [7, 11) is 1.90. The second kappa shape index (κ2) is 3.89. The largest absolute Gasteiger partial charge is 0.397 e. The van der Waals surface area contributed by atoms with Crippen molar-refractivity contribution in [2.45, 2.75) is 13.8 Å². The third-order valence-electron chi connectivity index (χ3n) is 2.49. The van der Waals surface area contributed by atoms with Gasteiger partial charge in [0.1, 0.15) is 0 Å². The molecule has 1 aromatic heterocycles. The average Bonchev–Trinajstić information content (AvgIpc) is 2.50. The van der Waals surface area contributed by atoms with E-state index in [1.54, 1.807) is 4.68 Å².